The Labute approximate surface area is 126 Å². The SMILES string of the molecule is CC1(C)CC(N=C(N)Nc2ccncc2)CC(C)(C)N1O. The van der Waals surface area contributed by atoms with Crippen LogP contribution in [0, 0.1) is 0 Å². The van der Waals surface area contributed by atoms with Gasteiger partial charge in [0, 0.05) is 29.2 Å². The van der Waals surface area contributed by atoms with E-state index in [0.29, 0.717) is 5.96 Å². The lowest BCUT2D eigenvalue weighted by Gasteiger charge is -2.50. The van der Waals surface area contributed by atoms with Gasteiger partial charge >= 0.3 is 0 Å². The molecule has 0 amide bonds. The number of aliphatic imine (C=N–C) groups is 1. The second kappa shape index (κ2) is 5.61. The summed E-state index contributed by atoms with van der Waals surface area (Å²) in [7, 11) is 0. The van der Waals surface area contributed by atoms with Crippen molar-refractivity contribution in [3.8, 4) is 0 Å². The average Bonchev–Trinajstić information content (AvgIpc) is 2.36. The van der Waals surface area contributed by atoms with E-state index in [0.717, 1.165) is 18.5 Å². The highest BCUT2D eigenvalue weighted by Crippen LogP contribution is 2.37. The largest absolute Gasteiger partial charge is 0.370 e. The fourth-order valence-corrected chi connectivity index (χ4v) is 3.12. The number of hydrogen-bond donors (Lipinski definition) is 3. The van der Waals surface area contributed by atoms with Gasteiger partial charge in [-0.1, -0.05) is 0 Å². The van der Waals surface area contributed by atoms with Gasteiger partial charge in [-0.2, -0.15) is 5.06 Å². The summed E-state index contributed by atoms with van der Waals surface area (Å²) in [6.45, 7) is 8.07. The van der Waals surface area contributed by atoms with Gasteiger partial charge < -0.3 is 16.3 Å². The minimum atomic E-state index is -0.327. The molecule has 1 saturated heterocycles. The Morgan fingerprint density at radius 3 is 2.33 bits per heavy atom. The summed E-state index contributed by atoms with van der Waals surface area (Å²) in [5, 5.41) is 14.8. The van der Waals surface area contributed by atoms with Crippen LogP contribution in [0.3, 0.4) is 0 Å². The summed E-state index contributed by atoms with van der Waals surface area (Å²) < 4.78 is 0. The lowest BCUT2D eigenvalue weighted by Crippen LogP contribution is -2.60. The summed E-state index contributed by atoms with van der Waals surface area (Å²) in [5.41, 5.74) is 6.20. The number of nitrogens with two attached hydrogens (primary N) is 1. The number of piperidine rings is 1. The predicted molar refractivity (Wildman–Crippen MR) is 84.3 cm³/mol. The summed E-state index contributed by atoms with van der Waals surface area (Å²) in [6.07, 6.45) is 4.91. The van der Waals surface area contributed by atoms with Gasteiger partial charge in [0.1, 0.15) is 0 Å². The van der Waals surface area contributed by atoms with Crippen LogP contribution >= 0.6 is 0 Å². The van der Waals surface area contributed by atoms with E-state index in [2.05, 4.69) is 15.3 Å². The lowest BCUT2D eigenvalue weighted by molar-refractivity contribution is -0.244. The minimum Gasteiger partial charge on any atom is -0.370 e. The number of anilines is 1. The molecule has 0 aromatic carbocycles. The van der Waals surface area contributed by atoms with Crippen LogP contribution in [-0.2, 0) is 0 Å². The monoisotopic (exact) mass is 291 g/mol. The molecule has 2 heterocycles. The second-order valence-corrected chi connectivity index (χ2v) is 6.87. The minimum absolute atomic E-state index is 0.0766. The fraction of sp³-hybridized carbons (Fsp3) is 0.600. The molecule has 1 fully saturated rings. The number of hydrogen-bond acceptors (Lipinski definition) is 4. The van der Waals surface area contributed by atoms with Crippen molar-refractivity contribution in [2.75, 3.05) is 5.32 Å². The zero-order valence-electron chi connectivity index (χ0n) is 13.2. The van der Waals surface area contributed by atoms with Gasteiger partial charge in [0.25, 0.3) is 0 Å². The Morgan fingerprint density at radius 2 is 1.81 bits per heavy atom. The van der Waals surface area contributed by atoms with Crippen molar-refractivity contribution in [3.63, 3.8) is 0 Å². The number of pyridine rings is 1. The number of hydroxylamine groups is 2. The van der Waals surface area contributed by atoms with Crippen LogP contribution in [-0.4, -0.2) is 38.3 Å². The van der Waals surface area contributed by atoms with Crippen molar-refractivity contribution >= 4 is 11.6 Å². The zero-order chi connectivity index (χ0) is 15.7. The molecule has 2 rings (SSSR count). The Balaban J connectivity index is 2.10. The fourth-order valence-electron chi connectivity index (χ4n) is 3.12. The maximum Gasteiger partial charge on any atom is 0.193 e. The number of nitrogens with one attached hydrogen (secondary N) is 1. The number of aromatic nitrogens is 1. The second-order valence-electron chi connectivity index (χ2n) is 6.87. The number of guanidine groups is 1. The van der Waals surface area contributed by atoms with Crippen molar-refractivity contribution in [2.24, 2.45) is 10.7 Å². The van der Waals surface area contributed by atoms with Crippen molar-refractivity contribution < 1.29 is 5.21 Å². The molecule has 0 radical (unpaired) electrons. The van der Waals surface area contributed by atoms with Crippen molar-refractivity contribution in [2.45, 2.75) is 57.7 Å². The van der Waals surface area contributed by atoms with Crippen LogP contribution in [0.5, 0.6) is 0 Å². The molecule has 0 unspecified atom stereocenters. The van der Waals surface area contributed by atoms with Crippen LogP contribution in [0.4, 0.5) is 5.69 Å². The van der Waals surface area contributed by atoms with Crippen molar-refractivity contribution in [3.05, 3.63) is 24.5 Å². The Bertz CT molecular complexity index is 494. The Hall–Kier alpha value is -1.66. The smallest absolute Gasteiger partial charge is 0.193 e. The molecule has 0 saturated carbocycles. The quantitative estimate of drug-likeness (QED) is 0.574. The first-order chi connectivity index (χ1) is 9.71. The third kappa shape index (κ3) is 3.71. The van der Waals surface area contributed by atoms with E-state index >= 15 is 0 Å². The molecule has 4 N–H and O–H groups in total. The first kappa shape index (κ1) is 15.7. The van der Waals surface area contributed by atoms with Crippen LogP contribution in [0.2, 0.25) is 0 Å². The molecule has 1 aliphatic rings. The van der Waals surface area contributed by atoms with Gasteiger partial charge in [-0.15, -0.1) is 0 Å². The van der Waals surface area contributed by atoms with E-state index in [4.69, 9.17) is 5.73 Å². The summed E-state index contributed by atoms with van der Waals surface area (Å²) in [5.74, 6) is 0.393. The van der Waals surface area contributed by atoms with E-state index in [1.807, 2.05) is 39.8 Å². The topological polar surface area (TPSA) is 86.8 Å². The number of rotatable bonds is 2. The van der Waals surface area contributed by atoms with Gasteiger partial charge in [0.05, 0.1) is 6.04 Å². The van der Waals surface area contributed by atoms with Crippen LogP contribution in [0.25, 0.3) is 0 Å². The first-order valence-corrected chi connectivity index (χ1v) is 7.20. The predicted octanol–water partition coefficient (Wildman–Crippen LogP) is 2.22. The molecule has 0 spiro atoms. The molecule has 0 atom stereocenters. The molecule has 1 aromatic rings. The van der Waals surface area contributed by atoms with Gasteiger partial charge in [-0.25, -0.2) is 4.99 Å². The van der Waals surface area contributed by atoms with Crippen LogP contribution in [0.15, 0.2) is 29.5 Å². The molecule has 0 bridgehead atoms. The molecule has 21 heavy (non-hydrogen) atoms. The molecular weight excluding hydrogens is 266 g/mol. The van der Waals surface area contributed by atoms with E-state index in [1.165, 1.54) is 5.06 Å². The Morgan fingerprint density at radius 1 is 1.29 bits per heavy atom. The third-order valence-electron chi connectivity index (χ3n) is 3.89. The molecule has 1 aliphatic heterocycles. The Kier molecular flexibility index (Phi) is 4.20. The molecule has 6 heteroatoms. The highest BCUT2D eigenvalue weighted by molar-refractivity contribution is 5.92. The highest BCUT2D eigenvalue weighted by atomic mass is 16.5. The molecule has 6 nitrogen and oxygen atoms in total. The summed E-state index contributed by atoms with van der Waals surface area (Å²) >= 11 is 0. The average molecular weight is 291 g/mol. The van der Waals surface area contributed by atoms with Crippen LogP contribution < -0.4 is 11.1 Å². The van der Waals surface area contributed by atoms with Gasteiger partial charge in [-0.05, 0) is 52.7 Å². The van der Waals surface area contributed by atoms with E-state index < -0.39 is 0 Å². The standard InChI is InChI=1S/C15H25N5O/c1-14(2)9-12(10-15(3,4)20(14)21)19-13(16)18-11-5-7-17-8-6-11/h5-8,12,21H,9-10H2,1-4H3,(H3,16,17,18,19). The third-order valence-corrected chi connectivity index (χ3v) is 3.89. The zero-order valence-corrected chi connectivity index (χ0v) is 13.2. The molecule has 116 valence electrons. The highest BCUT2D eigenvalue weighted by Gasteiger charge is 2.45. The maximum absolute atomic E-state index is 10.3. The maximum atomic E-state index is 10.3. The molecule has 1 aromatic heterocycles. The normalized spacial score (nSPS) is 23.0. The first-order valence-electron chi connectivity index (χ1n) is 7.20. The van der Waals surface area contributed by atoms with E-state index in [-0.39, 0.29) is 17.1 Å². The van der Waals surface area contributed by atoms with Crippen molar-refractivity contribution in [1.82, 2.24) is 10.0 Å². The van der Waals surface area contributed by atoms with Gasteiger partial charge in [-0.3, -0.25) is 4.98 Å². The van der Waals surface area contributed by atoms with E-state index in [1.54, 1.807) is 12.4 Å². The van der Waals surface area contributed by atoms with E-state index in [9.17, 15) is 5.21 Å². The van der Waals surface area contributed by atoms with Gasteiger partial charge in [0.15, 0.2) is 5.96 Å². The summed E-state index contributed by atoms with van der Waals surface area (Å²) in [4.78, 5) is 8.54. The molecule has 0 aliphatic carbocycles. The summed E-state index contributed by atoms with van der Waals surface area (Å²) in [6, 6.07) is 3.76. The lowest BCUT2D eigenvalue weighted by atomic mass is 9.79. The number of nitrogens with zero attached hydrogens (tertiary/aromatic N) is 3. The van der Waals surface area contributed by atoms with Gasteiger partial charge in [0.2, 0.25) is 0 Å². The van der Waals surface area contributed by atoms with Crippen LogP contribution in [0.1, 0.15) is 40.5 Å². The molecular formula is C15H25N5O. The van der Waals surface area contributed by atoms with Crippen molar-refractivity contribution in [1.29, 1.82) is 0 Å².